The Kier molecular flexibility index (Phi) is 3.25. The molecular formula is C12H12F3N3S. The summed E-state index contributed by atoms with van der Waals surface area (Å²) >= 11 is 1.24. The zero-order chi connectivity index (χ0) is 14.3. The third kappa shape index (κ3) is 2.56. The Morgan fingerprint density at radius 1 is 1.26 bits per heavy atom. The highest BCUT2D eigenvalue weighted by molar-refractivity contribution is 7.13. The van der Waals surface area contributed by atoms with Crippen LogP contribution >= 0.6 is 11.3 Å². The van der Waals surface area contributed by atoms with Crippen LogP contribution in [0.3, 0.4) is 0 Å². The van der Waals surface area contributed by atoms with E-state index in [1.165, 1.54) is 23.6 Å². The fourth-order valence-corrected chi connectivity index (χ4v) is 2.07. The number of nitrogens with two attached hydrogens (primary N) is 1. The van der Waals surface area contributed by atoms with Gasteiger partial charge in [-0.1, -0.05) is 0 Å². The molecule has 0 saturated carbocycles. The van der Waals surface area contributed by atoms with E-state index < -0.39 is 11.6 Å². The lowest BCUT2D eigenvalue weighted by Crippen LogP contribution is -2.37. The van der Waals surface area contributed by atoms with Crippen LogP contribution in [-0.2, 0) is 5.41 Å². The molecule has 0 aliphatic rings. The van der Waals surface area contributed by atoms with Crippen molar-refractivity contribution >= 4 is 16.5 Å². The van der Waals surface area contributed by atoms with Gasteiger partial charge in [0.15, 0.2) is 5.13 Å². The summed E-state index contributed by atoms with van der Waals surface area (Å²) in [6, 6.07) is 3.02. The molecule has 0 amide bonds. The van der Waals surface area contributed by atoms with Crippen molar-refractivity contribution in [1.82, 2.24) is 9.97 Å². The normalized spacial score (nSPS) is 12.7. The van der Waals surface area contributed by atoms with Crippen LogP contribution in [0.4, 0.5) is 18.3 Å². The molecule has 0 radical (unpaired) electrons. The van der Waals surface area contributed by atoms with Crippen molar-refractivity contribution < 1.29 is 13.2 Å². The van der Waals surface area contributed by atoms with Crippen LogP contribution in [0.1, 0.15) is 19.5 Å². The highest BCUT2D eigenvalue weighted by Gasteiger charge is 2.49. The van der Waals surface area contributed by atoms with E-state index in [2.05, 4.69) is 9.97 Å². The first-order valence-electron chi connectivity index (χ1n) is 5.46. The number of nitrogen functional groups attached to an aromatic ring is 1. The molecule has 0 aromatic carbocycles. The van der Waals surface area contributed by atoms with Crippen molar-refractivity contribution in [1.29, 1.82) is 0 Å². The number of hydrogen-bond acceptors (Lipinski definition) is 4. The summed E-state index contributed by atoms with van der Waals surface area (Å²) in [6.45, 7) is 2.21. The number of thiazole rings is 1. The molecule has 3 nitrogen and oxygen atoms in total. The number of halogens is 3. The van der Waals surface area contributed by atoms with Crippen LogP contribution in [-0.4, -0.2) is 16.1 Å². The molecule has 2 aromatic heterocycles. The van der Waals surface area contributed by atoms with Crippen molar-refractivity contribution in [2.24, 2.45) is 0 Å². The Labute approximate surface area is 112 Å². The third-order valence-electron chi connectivity index (χ3n) is 2.93. The van der Waals surface area contributed by atoms with E-state index in [0.29, 0.717) is 16.4 Å². The Hall–Kier alpha value is -1.63. The molecule has 0 bridgehead atoms. The Balaban J connectivity index is 2.46. The highest BCUT2D eigenvalue weighted by atomic mass is 32.1. The summed E-state index contributed by atoms with van der Waals surface area (Å²) in [5.41, 5.74) is 4.61. The topological polar surface area (TPSA) is 51.8 Å². The smallest absolute Gasteiger partial charge is 0.375 e. The fraction of sp³-hybridized carbons (Fsp3) is 0.333. The highest BCUT2D eigenvalue weighted by Crippen LogP contribution is 2.40. The molecule has 0 atom stereocenters. The fourth-order valence-electron chi connectivity index (χ4n) is 1.50. The maximum absolute atomic E-state index is 13.0. The average molecular weight is 287 g/mol. The van der Waals surface area contributed by atoms with Gasteiger partial charge in [0.2, 0.25) is 0 Å². The first kappa shape index (κ1) is 13.8. The Morgan fingerprint density at radius 3 is 2.47 bits per heavy atom. The minimum Gasteiger partial charge on any atom is -0.375 e. The number of alkyl halides is 3. The monoisotopic (exact) mass is 287 g/mol. The van der Waals surface area contributed by atoms with Crippen LogP contribution in [0.25, 0.3) is 11.3 Å². The van der Waals surface area contributed by atoms with Crippen molar-refractivity contribution in [2.45, 2.75) is 25.4 Å². The Morgan fingerprint density at radius 2 is 1.95 bits per heavy atom. The molecule has 0 fully saturated rings. The first-order chi connectivity index (χ1) is 8.72. The quantitative estimate of drug-likeness (QED) is 0.917. The molecule has 0 saturated heterocycles. The predicted octanol–water partition coefficient (Wildman–Crippen LogP) is 3.63. The summed E-state index contributed by atoms with van der Waals surface area (Å²) in [5.74, 6) is 0. The molecule has 2 rings (SSSR count). The SMILES string of the molecule is CC(C)(c1cc(-c2csc(N)n2)ccn1)C(F)(F)F. The molecule has 2 N–H and O–H groups in total. The zero-order valence-corrected chi connectivity index (χ0v) is 11.1. The summed E-state index contributed by atoms with van der Waals surface area (Å²) in [7, 11) is 0. The number of aromatic nitrogens is 2. The summed E-state index contributed by atoms with van der Waals surface area (Å²) in [6.07, 6.45) is -3.01. The molecular weight excluding hydrogens is 275 g/mol. The molecule has 0 aliphatic heterocycles. The first-order valence-corrected chi connectivity index (χ1v) is 6.34. The van der Waals surface area contributed by atoms with Crippen molar-refractivity contribution in [3.63, 3.8) is 0 Å². The van der Waals surface area contributed by atoms with Crippen LogP contribution in [0.5, 0.6) is 0 Å². The molecule has 0 aliphatic carbocycles. The van der Waals surface area contributed by atoms with Gasteiger partial charge < -0.3 is 5.73 Å². The van der Waals surface area contributed by atoms with Gasteiger partial charge in [-0.15, -0.1) is 11.3 Å². The standard InChI is InChI=1S/C12H12F3N3S/c1-11(2,12(13,14)15)9-5-7(3-4-17-9)8-6-19-10(16)18-8/h3-6H,1-2H3,(H2,16,18). The number of hydrogen-bond donors (Lipinski definition) is 1. The minimum absolute atomic E-state index is 0.0379. The van der Waals surface area contributed by atoms with Crippen LogP contribution < -0.4 is 5.73 Å². The van der Waals surface area contributed by atoms with Gasteiger partial charge in [-0.2, -0.15) is 13.2 Å². The van der Waals surface area contributed by atoms with Gasteiger partial charge in [0.05, 0.1) is 11.4 Å². The lowest BCUT2D eigenvalue weighted by molar-refractivity contribution is -0.181. The summed E-state index contributed by atoms with van der Waals surface area (Å²) in [4.78, 5) is 7.89. The van der Waals surface area contributed by atoms with E-state index in [1.807, 2.05) is 0 Å². The van der Waals surface area contributed by atoms with Crippen molar-refractivity contribution in [3.05, 3.63) is 29.4 Å². The molecule has 19 heavy (non-hydrogen) atoms. The molecule has 2 heterocycles. The Bertz CT molecular complexity index is 590. The van der Waals surface area contributed by atoms with E-state index in [4.69, 9.17) is 5.73 Å². The van der Waals surface area contributed by atoms with Gasteiger partial charge in [-0.25, -0.2) is 4.98 Å². The lowest BCUT2D eigenvalue weighted by Gasteiger charge is -2.27. The van der Waals surface area contributed by atoms with E-state index in [9.17, 15) is 13.2 Å². The molecule has 2 aromatic rings. The maximum Gasteiger partial charge on any atom is 0.399 e. The van der Waals surface area contributed by atoms with Gasteiger partial charge in [0.1, 0.15) is 5.41 Å². The van der Waals surface area contributed by atoms with Gasteiger partial charge in [-0.05, 0) is 26.0 Å². The zero-order valence-electron chi connectivity index (χ0n) is 10.3. The molecule has 0 unspecified atom stereocenters. The van der Waals surface area contributed by atoms with Gasteiger partial charge in [0, 0.05) is 17.1 Å². The largest absolute Gasteiger partial charge is 0.399 e. The van der Waals surface area contributed by atoms with Crippen molar-refractivity contribution in [3.8, 4) is 11.3 Å². The predicted molar refractivity (Wildman–Crippen MR) is 68.8 cm³/mol. The van der Waals surface area contributed by atoms with E-state index in [0.717, 1.165) is 13.8 Å². The summed E-state index contributed by atoms with van der Waals surface area (Å²) in [5, 5.41) is 2.08. The number of rotatable bonds is 2. The minimum atomic E-state index is -4.36. The second-order valence-corrected chi connectivity index (χ2v) is 5.51. The van der Waals surface area contributed by atoms with Gasteiger partial charge in [0.25, 0.3) is 0 Å². The number of nitrogens with zero attached hydrogens (tertiary/aromatic N) is 2. The lowest BCUT2D eigenvalue weighted by atomic mass is 9.87. The number of anilines is 1. The third-order valence-corrected chi connectivity index (χ3v) is 3.60. The van der Waals surface area contributed by atoms with E-state index in [1.54, 1.807) is 11.4 Å². The van der Waals surface area contributed by atoms with Crippen LogP contribution in [0.15, 0.2) is 23.7 Å². The van der Waals surface area contributed by atoms with Gasteiger partial charge in [-0.3, -0.25) is 4.98 Å². The molecule has 102 valence electrons. The van der Waals surface area contributed by atoms with E-state index >= 15 is 0 Å². The summed E-state index contributed by atoms with van der Waals surface area (Å²) < 4.78 is 39.0. The second kappa shape index (κ2) is 4.48. The van der Waals surface area contributed by atoms with Crippen LogP contribution in [0.2, 0.25) is 0 Å². The van der Waals surface area contributed by atoms with E-state index in [-0.39, 0.29) is 5.69 Å². The average Bonchev–Trinajstić information content (AvgIpc) is 2.75. The molecule has 0 spiro atoms. The van der Waals surface area contributed by atoms with Crippen LogP contribution in [0, 0.1) is 0 Å². The van der Waals surface area contributed by atoms with Crippen molar-refractivity contribution in [2.75, 3.05) is 5.73 Å². The second-order valence-electron chi connectivity index (χ2n) is 4.62. The maximum atomic E-state index is 13.0. The molecule has 7 heteroatoms. The number of pyridine rings is 1. The van der Waals surface area contributed by atoms with Gasteiger partial charge >= 0.3 is 6.18 Å².